The third-order valence-corrected chi connectivity index (χ3v) is 5.21. The summed E-state index contributed by atoms with van der Waals surface area (Å²) >= 11 is 0. The number of rotatable bonds is 5. The normalized spacial score (nSPS) is 13.4. The van der Waals surface area contributed by atoms with Gasteiger partial charge in [0.15, 0.2) is 0 Å². The molecule has 1 aromatic carbocycles. The van der Waals surface area contributed by atoms with Gasteiger partial charge in [-0.15, -0.1) is 0 Å². The Balaban J connectivity index is 1.75. The molecular weight excluding hydrogens is 381 g/mol. The minimum Gasteiger partial charge on any atom is -0.367 e. The van der Waals surface area contributed by atoms with Crippen molar-refractivity contribution in [2.45, 2.75) is 18.9 Å². The number of anilines is 1. The summed E-state index contributed by atoms with van der Waals surface area (Å²) in [7, 11) is 1.59. The molecule has 4 aromatic rings. The van der Waals surface area contributed by atoms with Gasteiger partial charge in [-0.05, 0) is 66.9 Å². The lowest BCUT2D eigenvalue weighted by atomic mass is 10.0. The van der Waals surface area contributed by atoms with Crippen molar-refractivity contribution in [1.29, 1.82) is 0 Å². The standard InChI is InChI=1S/C23H20FN5O/c1-25-23(30)19-4-2-3-18-21(15-11-12-26-20(13-15)27-17-9-10-17)22(28-29(18)19)14-5-7-16(24)8-6-14/h2-8,11-13,17H,9-10H2,1H3,(H,25,30)(H,26,27). The molecule has 0 saturated heterocycles. The summed E-state index contributed by atoms with van der Waals surface area (Å²) in [4.78, 5) is 16.8. The minimum atomic E-state index is -0.310. The molecule has 0 atom stereocenters. The zero-order valence-electron chi connectivity index (χ0n) is 16.4. The number of nitrogens with zero attached hydrogens (tertiary/aromatic N) is 3. The Morgan fingerprint density at radius 2 is 1.90 bits per heavy atom. The maximum absolute atomic E-state index is 13.5. The molecule has 0 bridgehead atoms. The van der Waals surface area contributed by atoms with Crippen LogP contribution in [0.3, 0.4) is 0 Å². The van der Waals surface area contributed by atoms with Crippen LogP contribution >= 0.6 is 0 Å². The lowest BCUT2D eigenvalue weighted by Gasteiger charge is -2.08. The molecule has 0 unspecified atom stereocenters. The van der Waals surface area contributed by atoms with E-state index in [2.05, 4.69) is 15.6 Å². The number of aromatic nitrogens is 3. The Hall–Kier alpha value is -3.74. The second-order valence-corrected chi connectivity index (χ2v) is 7.37. The van der Waals surface area contributed by atoms with Gasteiger partial charge in [-0.2, -0.15) is 5.10 Å². The van der Waals surface area contributed by atoms with Crippen LogP contribution in [0.5, 0.6) is 0 Å². The van der Waals surface area contributed by atoms with E-state index in [0.717, 1.165) is 40.9 Å². The average molecular weight is 401 g/mol. The van der Waals surface area contributed by atoms with Crippen molar-refractivity contribution >= 4 is 17.2 Å². The number of pyridine rings is 2. The Morgan fingerprint density at radius 1 is 1.10 bits per heavy atom. The molecule has 150 valence electrons. The first kappa shape index (κ1) is 18.3. The number of nitrogens with one attached hydrogen (secondary N) is 2. The molecular formula is C23H20FN5O. The Kier molecular flexibility index (Phi) is 4.43. The topological polar surface area (TPSA) is 71.3 Å². The van der Waals surface area contributed by atoms with Crippen molar-refractivity contribution in [3.8, 4) is 22.4 Å². The lowest BCUT2D eigenvalue weighted by molar-refractivity contribution is 0.0956. The van der Waals surface area contributed by atoms with Crippen LogP contribution in [0.1, 0.15) is 23.3 Å². The Labute approximate surface area is 172 Å². The number of fused-ring (bicyclic) bond motifs is 1. The second kappa shape index (κ2) is 7.26. The minimum absolute atomic E-state index is 0.230. The summed E-state index contributed by atoms with van der Waals surface area (Å²) in [5.74, 6) is 0.267. The molecule has 1 amide bonds. The van der Waals surface area contributed by atoms with Gasteiger partial charge in [0.1, 0.15) is 23.0 Å². The number of carbonyl (C=O) groups is 1. The van der Waals surface area contributed by atoms with Crippen LogP contribution in [0.4, 0.5) is 10.2 Å². The van der Waals surface area contributed by atoms with Crippen molar-refractivity contribution in [1.82, 2.24) is 19.9 Å². The number of amides is 1. The van der Waals surface area contributed by atoms with E-state index >= 15 is 0 Å². The fraction of sp³-hybridized carbons (Fsp3) is 0.174. The molecule has 1 fully saturated rings. The highest BCUT2D eigenvalue weighted by Gasteiger charge is 2.23. The molecule has 1 saturated carbocycles. The molecule has 0 radical (unpaired) electrons. The van der Waals surface area contributed by atoms with E-state index in [1.54, 1.807) is 36.0 Å². The van der Waals surface area contributed by atoms with E-state index in [1.807, 2.05) is 24.3 Å². The van der Waals surface area contributed by atoms with Crippen LogP contribution in [0, 0.1) is 5.82 Å². The van der Waals surface area contributed by atoms with Crippen LogP contribution in [0.15, 0.2) is 60.8 Å². The van der Waals surface area contributed by atoms with Gasteiger partial charge in [-0.3, -0.25) is 4.79 Å². The van der Waals surface area contributed by atoms with Crippen LogP contribution < -0.4 is 10.6 Å². The third-order valence-electron chi connectivity index (χ3n) is 5.21. The summed E-state index contributed by atoms with van der Waals surface area (Å²) < 4.78 is 15.2. The summed E-state index contributed by atoms with van der Waals surface area (Å²) in [6, 6.07) is 16.1. The van der Waals surface area contributed by atoms with Gasteiger partial charge >= 0.3 is 0 Å². The van der Waals surface area contributed by atoms with E-state index in [9.17, 15) is 9.18 Å². The van der Waals surface area contributed by atoms with Gasteiger partial charge in [-0.25, -0.2) is 13.9 Å². The van der Waals surface area contributed by atoms with Crippen molar-refractivity contribution in [3.63, 3.8) is 0 Å². The number of hydrogen-bond donors (Lipinski definition) is 2. The van der Waals surface area contributed by atoms with Crippen molar-refractivity contribution in [3.05, 3.63) is 72.3 Å². The molecule has 1 aliphatic rings. The molecule has 1 aliphatic carbocycles. The quantitative estimate of drug-likeness (QED) is 0.527. The average Bonchev–Trinajstić information content (AvgIpc) is 3.49. The number of benzene rings is 1. The highest BCUT2D eigenvalue weighted by Crippen LogP contribution is 2.37. The van der Waals surface area contributed by atoms with Gasteiger partial charge in [0.2, 0.25) is 0 Å². The molecule has 0 aliphatic heterocycles. The van der Waals surface area contributed by atoms with Crippen LogP contribution in [0.2, 0.25) is 0 Å². The molecule has 0 spiro atoms. The molecule has 6 nitrogen and oxygen atoms in total. The van der Waals surface area contributed by atoms with Crippen molar-refractivity contribution in [2.75, 3.05) is 12.4 Å². The fourth-order valence-electron chi connectivity index (χ4n) is 3.57. The first-order chi connectivity index (χ1) is 14.6. The van der Waals surface area contributed by atoms with Crippen molar-refractivity contribution in [2.24, 2.45) is 0 Å². The van der Waals surface area contributed by atoms with Crippen molar-refractivity contribution < 1.29 is 9.18 Å². The lowest BCUT2D eigenvalue weighted by Crippen LogP contribution is -2.21. The summed E-state index contributed by atoms with van der Waals surface area (Å²) in [6.07, 6.45) is 4.07. The molecule has 30 heavy (non-hydrogen) atoms. The Bertz CT molecular complexity index is 1240. The molecule has 7 heteroatoms. The zero-order chi connectivity index (χ0) is 20.7. The number of hydrogen-bond acceptors (Lipinski definition) is 4. The summed E-state index contributed by atoms with van der Waals surface area (Å²) in [5, 5.41) is 10.8. The van der Waals surface area contributed by atoms with Gasteiger partial charge in [-0.1, -0.05) is 6.07 Å². The third kappa shape index (κ3) is 3.28. The van der Waals surface area contributed by atoms with Crippen LogP contribution in [-0.2, 0) is 0 Å². The van der Waals surface area contributed by atoms with E-state index in [0.29, 0.717) is 17.4 Å². The predicted molar refractivity (Wildman–Crippen MR) is 114 cm³/mol. The fourth-order valence-corrected chi connectivity index (χ4v) is 3.57. The largest absolute Gasteiger partial charge is 0.367 e. The highest BCUT2D eigenvalue weighted by molar-refractivity contribution is 5.97. The van der Waals surface area contributed by atoms with Gasteiger partial charge in [0.25, 0.3) is 5.91 Å². The summed E-state index contributed by atoms with van der Waals surface area (Å²) in [5.41, 5.74) is 4.46. The highest BCUT2D eigenvalue weighted by atomic mass is 19.1. The predicted octanol–water partition coefficient (Wildman–Crippen LogP) is 4.14. The molecule has 5 rings (SSSR count). The van der Waals surface area contributed by atoms with Gasteiger partial charge in [0.05, 0.1) is 5.52 Å². The first-order valence-corrected chi connectivity index (χ1v) is 9.87. The number of carbonyl (C=O) groups excluding carboxylic acids is 1. The van der Waals surface area contributed by atoms with E-state index in [4.69, 9.17) is 5.10 Å². The smallest absolute Gasteiger partial charge is 0.269 e. The maximum Gasteiger partial charge on any atom is 0.269 e. The van der Waals surface area contributed by atoms with E-state index < -0.39 is 0 Å². The molecule has 2 N–H and O–H groups in total. The molecule has 3 aromatic heterocycles. The SMILES string of the molecule is CNC(=O)c1cccc2c(-c3ccnc(NC4CC4)c3)c(-c3ccc(F)cc3)nn12. The second-order valence-electron chi connectivity index (χ2n) is 7.37. The summed E-state index contributed by atoms with van der Waals surface area (Å²) in [6.45, 7) is 0. The monoisotopic (exact) mass is 401 g/mol. The zero-order valence-corrected chi connectivity index (χ0v) is 16.4. The van der Waals surface area contributed by atoms with Gasteiger partial charge in [0, 0.05) is 30.4 Å². The van der Waals surface area contributed by atoms with Crippen LogP contribution in [0.25, 0.3) is 27.9 Å². The maximum atomic E-state index is 13.5. The number of halogens is 1. The van der Waals surface area contributed by atoms with Gasteiger partial charge < -0.3 is 10.6 Å². The Morgan fingerprint density at radius 3 is 2.63 bits per heavy atom. The van der Waals surface area contributed by atoms with E-state index in [1.165, 1.54) is 12.1 Å². The first-order valence-electron chi connectivity index (χ1n) is 9.87. The van der Waals surface area contributed by atoms with Crippen LogP contribution in [-0.4, -0.2) is 33.6 Å². The van der Waals surface area contributed by atoms with E-state index in [-0.39, 0.29) is 11.7 Å². The molecule has 3 heterocycles.